The van der Waals surface area contributed by atoms with Crippen LogP contribution in [-0.4, -0.2) is 11.8 Å². The van der Waals surface area contributed by atoms with Crippen LogP contribution in [-0.2, 0) is 18.7 Å². The normalized spacial score (nSPS) is 11.8. The third-order valence-corrected chi connectivity index (χ3v) is 4.20. The lowest BCUT2D eigenvalue weighted by atomic mass is 9.95. The Labute approximate surface area is 132 Å². The highest BCUT2D eigenvalue weighted by Crippen LogP contribution is 2.17. The van der Waals surface area contributed by atoms with Crippen LogP contribution < -0.4 is 5.32 Å². The van der Waals surface area contributed by atoms with E-state index in [0.717, 1.165) is 36.7 Å². The van der Waals surface area contributed by atoms with Crippen LogP contribution in [0.5, 0.6) is 0 Å². The molecular weight excluding hydrogens is 278 g/mol. The summed E-state index contributed by atoms with van der Waals surface area (Å²) in [5.41, 5.74) is 1.50. The fraction of sp³-hybridized carbons (Fsp3) is 0.444. The molecule has 3 heteroatoms. The predicted molar refractivity (Wildman–Crippen MR) is 91.6 cm³/mol. The summed E-state index contributed by atoms with van der Waals surface area (Å²) in [4.78, 5) is 0. The van der Waals surface area contributed by atoms with Crippen LogP contribution in [0.15, 0.2) is 46.9 Å². The van der Waals surface area contributed by atoms with Crippen molar-refractivity contribution in [2.75, 3.05) is 6.26 Å². The fourth-order valence-corrected chi connectivity index (χ4v) is 2.69. The molecule has 0 spiro atoms. The van der Waals surface area contributed by atoms with Gasteiger partial charge in [0.25, 0.3) is 0 Å². The van der Waals surface area contributed by atoms with Gasteiger partial charge in [-0.15, -0.1) is 0 Å². The van der Waals surface area contributed by atoms with Gasteiger partial charge in [-0.3, -0.25) is 0 Å². The zero-order chi connectivity index (χ0) is 15.1. The molecule has 0 atom stereocenters. The SMILES string of the molecule is CSCc1ccc(CNC(C)(C)CCc2ccccc2)o1. The largest absolute Gasteiger partial charge is 0.464 e. The standard InChI is InChI=1S/C18H25NOS/c1-18(2,12-11-15-7-5-4-6-8-15)19-13-16-9-10-17(20-16)14-21-3/h4-10,19H,11-14H2,1-3H3. The van der Waals surface area contributed by atoms with Crippen molar-refractivity contribution in [2.45, 2.75) is 44.5 Å². The van der Waals surface area contributed by atoms with Crippen LogP contribution in [0.1, 0.15) is 37.4 Å². The van der Waals surface area contributed by atoms with E-state index in [1.165, 1.54) is 5.56 Å². The first-order chi connectivity index (χ1) is 10.1. The van der Waals surface area contributed by atoms with Crippen molar-refractivity contribution in [3.8, 4) is 0 Å². The first-order valence-corrected chi connectivity index (χ1v) is 8.84. The van der Waals surface area contributed by atoms with E-state index in [-0.39, 0.29) is 5.54 Å². The topological polar surface area (TPSA) is 25.2 Å². The highest BCUT2D eigenvalue weighted by molar-refractivity contribution is 7.97. The van der Waals surface area contributed by atoms with Crippen molar-refractivity contribution in [3.63, 3.8) is 0 Å². The fourth-order valence-electron chi connectivity index (χ4n) is 2.25. The van der Waals surface area contributed by atoms with E-state index in [9.17, 15) is 0 Å². The van der Waals surface area contributed by atoms with Gasteiger partial charge in [-0.25, -0.2) is 0 Å². The number of aryl methyl sites for hydroxylation is 1. The van der Waals surface area contributed by atoms with E-state index < -0.39 is 0 Å². The van der Waals surface area contributed by atoms with Crippen LogP contribution in [0.3, 0.4) is 0 Å². The molecule has 0 saturated carbocycles. The zero-order valence-electron chi connectivity index (χ0n) is 13.2. The van der Waals surface area contributed by atoms with Crippen molar-refractivity contribution in [1.82, 2.24) is 5.32 Å². The molecule has 0 aliphatic carbocycles. The molecule has 2 nitrogen and oxygen atoms in total. The summed E-state index contributed by atoms with van der Waals surface area (Å²) >= 11 is 1.78. The number of nitrogens with one attached hydrogen (secondary N) is 1. The minimum atomic E-state index is 0.0995. The van der Waals surface area contributed by atoms with E-state index in [4.69, 9.17) is 4.42 Å². The Morgan fingerprint density at radius 1 is 1.05 bits per heavy atom. The van der Waals surface area contributed by atoms with Gasteiger partial charge < -0.3 is 9.73 Å². The van der Waals surface area contributed by atoms with Gasteiger partial charge in [0.2, 0.25) is 0 Å². The number of rotatable bonds is 8. The zero-order valence-corrected chi connectivity index (χ0v) is 14.0. The summed E-state index contributed by atoms with van der Waals surface area (Å²) in [6.45, 7) is 5.29. The summed E-state index contributed by atoms with van der Waals surface area (Å²) in [5, 5.41) is 3.60. The van der Waals surface area contributed by atoms with Crippen molar-refractivity contribution in [1.29, 1.82) is 0 Å². The van der Waals surface area contributed by atoms with Crippen molar-refractivity contribution in [2.24, 2.45) is 0 Å². The van der Waals surface area contributed by atoms with Gasteiger partial charge in [0.05, 0.1) is 12.3 Å². The molecule has 0 unspecified atom stereocenters. The molecule has 1 N–H and O–H groups in total. The second kappa shape index (κ2) is 7.71. The number of hydrogen-bond acceptors (Lipinski definition) is 3. The van der Waals surface area contributed by atoms with Gasteiger partial charge in [0, 0.05) is 5.54 Å². The maximum Gasteiger partial charge on any atom is 0.118 e. The van der Waals surface area contributed by atoms with Crippen LogP contribution in [0, 0.1) is 0 Å². The van der Waals surface area contributed by atoms with Gasteiger partial charge >= 0.3 is 0 Å². The van der Waals surface area contributed by atoms with E-state index >= 15 is 0 Å². The molecule has 0 fully saturated rings. The smallest absolute Gasteiger partial charge is 0.118 e. The van der Waals surface area contributed by atoms with E-state index in [1.807, 2.05) is 0 Å². The number of thioether (sulfide) groups is 1. The third kappa shape index (κ3) is 5.60. The maximum atomic E-state index is 5.80. The molecule has 114 valence electrons. The average molecular weight is 303 g/mol. The molecule has 0 saturated heterocycles. The Hall–Kier alpha value is -1.19. The molecule has 1 aromatic heterocycles. The summed E-state index contributed by atoms with van der Waals surface area (Å²) in [6, 6.07) is 14.8. The second-order valence-corrected chi connectivity index (χ2v) is 6.89. The molecule has 1 aromatic carbocycles. The molecule has 2 aromatic rings. The second-order valence-electron chi connectivity index (χ2n) is 6.02. The Morgan fingerprint density at radius 2 is 1.76 bits per heavy atom. The molecule has 0 aliphatic rings. The Morgan fingerprint density at radius 3 is 2.48 bits per heavy atom. The quantitative estimate of drug-likeness (QED) is 0.769. The van der Waals surface area contributed by atoms with Crippen molar-refractivity contribution < 1.29 is 4.42 Å². The highest BCUT2D eigenvalue weighted by atomic mass is 32.2. The molecule has 1 heterocycles. The summed E-state index contributed by atoms with van der Waals surface area (Å²) in [5.74, 6) is 3.02. The minimum absolute atomic E-state index is 0.0995. The lowest BCUT2D eigenvalue weighted by molar-refractivity contribution is 0.338. The van der Waals surface area contributed by atoms with Gasteiger partial charge in [0.1, 0.15) is 11.5 Å². The molecule has 0 aliphatic heterocycles. The number of furan rings is 1. The number of benzene rings is 1. The van der Waals surface area contributed by atoms with Gasteiger partial charge in [-0.1, -0.05) is 30.3 Å². The molecule has 0 amide bonds. The Bertz CT molecular complexity index is 533. The van der Waals surface area contributed by atoms with E-state index in [2.05, 4.69) is 67.9 Å². The maximum absolute atomic E-state index is 5.80. The van der Waals surface area contributed by atoms with Crippen LogP contribution >= 0.6 is 11.8 Å². The van der Waals surface area contributed by atoms with Crippen LogP contribution in [0.2, 0.25) is 0 Å². The molecule has 21 heavy (non-hydrogen) atoms. The first kappa shape index (κ1) is 16.2. The van der Waals surface area contributed by atoms with Crippen LogP contribution in [0.4, 0.5) is 0 Å². The van der Waals surface area contributed by atoms with Gasteiger partial charge in [-0.05, 0) is 50.6 Å². The first-order valence-electron chi connectivity index (χ1n) is 7.44. The molecule has 0 radical (unpaired) electrons. The summed E-state index contributed by atoms with van der Waals surface area (Å²) in [6.07, 6.45) is 4.29. The average Bonchev–Trinajstić information content (AvgIpc) is 2.93. The molecule has 2 rings (SSSR count). The van der Waals surface area contributed by atoms with Crippen molar-refractivity contribution >= 4 is 11.8 Å². The summed E-state index contributed by atoms with van der Waals surface area (Å²) in [7, 11) is 0. The molecular formula is C18H25NOS. The highest BCUT2D eigenvalue weighted by Gasteiger charge is 2.17. The number of hydrogen-bond donors (Lipinski definition) is 1. The van der Waals surface area contributed by atoms with Crippen LogP contribution in [0.25, 0.3) is 0 Å². The monoisotopic (exact) mass is 303 g/mol. The third-order valence-electron chi connectivity index (χ3n) is 3.63. The lowest BCUT2D eigenvalue weighted by Crippen LogP contribution is -2.39. The van der Waals surface area contributed by atoms with E-state index in [1.54, 1.807) is 11.8 Å². The molecule has 0 bridgehead atoms. The van der Waals surface area contributed by atoms with E-state index in [0.29, 0.717) is 0 Å². The van der Waals surface area contributed by atoms with Gasteiger partial charge in [-0.2, -0.15) is 11.8 Å². The van der Waals surface area contributed by atoms with Gasteiger partial charge in [0.15, 0.2) is 0 Å². The lowest BCUT2D eigenvalue weighted by Gasteiger charge is -2.26. The summed E-state index contributed by atoms with van der Waals surface area (Å²) < 4.78 is 5.80. The Balaban J connectivity index is 1.80. The predicted octanol–water partition coefficient (Wildman–Crippen LogP) is 4.64. The Kier molecular flexibility index (Phi) is 5.95. The minimum Gasteiger partial charge on any atom is -0.464 e. The van der Waals surface area contributed by atoms with Crippen molar-refractivity contribution in [3.05, 3.63) is 59.5 Å².